The van der Waals surface area contributed by atoms with Crippen LogP contribution in [-0.4, -0.2) is 26.8 Å². The zero-order valence-electron chi connectivity index (χ0n) is 10.1. The van der Waals surface area contributed by atoms with Gasteiger partial charge in [0, 0.05) is 15.2 Å². The van der Waals surface area contributed by atoms with E-state index in [1.807, 2.05) is 11.8 Å². The minimum Gasteiger partial charge on any atom is -0.302 e. The third kappa shape index (κ3) is 8.95. The smallest absolute Gasteiger partial charge is 0.133 e. The Morgan fingerprint density at radius 3 is 1.86 bits per heavy atom. The molecule has 0 bridgehead atoms. The number of carbonyl (C=O) groups is 1. The molecule has 0 fully saturated rings. The summed E-state index contributed by atoms with van der Waals surface area (Å²) >= 11 is 3.61. The summed E-state index contributed by atoms with van der Waals surface area (Å²) in [4.78, 5) is 10.9. The van der Waals surface area contributed by atoms with Crippen LogP contribution in [0.1, 0.15) is 41.5 Å². The highest BCUT2D eigenvalue weighted by Crippen LogP contribution is 2.32. The minimum atomic E-state index is 0.124. The van der Waals surface area contributed by atoms with Gasteiger partial charge >= 0.3 is 0 Å². The van der Waals surface area contributed by atoms with Crippen molar-refractivity contribution in [3.8, 4) is 0 Å². The molecule has 0 rings (SSSR count). The first-order valence-electron chi connectivity index (χ1n) is 4.91. The molecule has 0 aromatic rings. The van der Waals surface area contributed by atoms with Gasteiger partial charge in [-0.15, -0.1) is 11.8 Å². The normalized spacial score (nSPS) is 15.3. The van der Waals surface area contributed by atoms with Gasteiger partial charge in [0.15, 0.2) is 0 Å². The van der Waals surface area contributed by atoms with Gasteiger partial charge in [0.2, 0.25) is 0 Å². The fourth-order valence-electron chi connectivity index (χ4n) is 0.887. The van der Waals surface area contributed by atoms with Crippen molar-refractivity contribution in [1.82, 2.24) is 0 Å². The second-order valence-electron chi connectivity index (χ2n) is 5.33. The van der Waals surface area contributed by atoms with Crippen LogP contribution in [0.15, 0.2) is 0 Å². The Labute approximate surface area is 96.8 Å². The molecule has 1 nitrogen and oxygen atoms in total. The van der Waals surface area contributed by atoms with Crippen molar-refractivity contribution in [3.05, 3.63) is 0 Å². The van der Waals surface area contributed by atoms with Crippen LogP contribution in [0, 0.1) is 0 Å². The monoisotopic (exact) mass is 234 g/mol. The quantitative estimate of drug-likeness (QED) is 0.692. The van der Waals surface area contributed by atoms with Crippen LogP contribution < -0.4 is 0 Å². The van der Waals surface area contributed by atoms with Gasteiger partial charge in [-0.2, -0.15) is 11.8 Å². The van der Waals surface area contributed by atoms with E-state index in [1.165, 1.54) is 0 Å². The molecule has 0 aliphatic heterocycles. The lowest BCUT2D eigenvalue weighted by atomic mass is 10.3. The molecular formula is C11H22OS2. The van der Waals surface area contributed by atoms with Gasteiger partial charge in [-0.25, -0.2) is 0 Å². The Kier molecular flexibility index (Phi) is 5.60. The first kappa shape index (κ1) is 14.4. The zero-order valence-corrected chi connectivity index (χ0v) is 11.7. The van der Waals surface area contributed by atoms with E-state index in [1.54, 1.807) is 11.8 Å². The van der Waals surface area contributed by atoms with Gasteiger partial charge in [0.1, 0.15) is 6.29 Å². The highest BCUT2D eigenvalue weighted by atomic mass is 32.2. The molecule has 3 heteroatoms. The van der Waals surface area contributed by atoms with E-state index in [4.69, 9.17) is 0 Å². The first-order chi connectivity index (χ1) is 6.14. The first-order valence-corrected chi connectivity index (χ1v) is 6.78. The van der Waals surface area contributed by atoms with E-state index in [-0.39, 0.29) is 14.7 Å². The van der Waals surface area contributed by atoms with Crippen LogP contribution in [-0.2, 0) is 4.79 Å². The molecule has 1 atom stereocenters. The minimum absolute atomic E-state index is 0.124. The van der Waals surface area contributed by atoms with E-state index in [9.17, 15) is 4.79 Å². The Morgan fingerprint density at radius 1 is 1.07 bits per heavy atom. The molecule has 0 aromatic heterocycles. The number of thioether (sulfide) groups is 2. The molecule has 0 saturated carbocycles. The van der Waals surface area contributed by atoms with Gasteiger partial charge in [-0.1, -0.05) is 41.5 Å². The predicted octanol–water partition coefficient (Wildman–Crippen LogP) is 3.62. The summed E-state index contributed by atoms with van der Waals surface area (Å²) in [7, 11) is 0. The molecule has 0 aliphatic carbocycles. The van der Waals surface area contributed by atoms with Gasteiger partial charge in [0.05, 0.1) is 5.25 Å². The number of hydrogen-bond acceptors (Lipinski definition) is 3. The summed E-state index contributed by atoms with van der Waals surface area (Å²) in [6, 6.07) is 0. The van der Waals surface area contributed by atoms with Gasteiger partial charge < -0.3 is 4.79 Å². The van der Waals surface area contributed by atoms with Crippen molar-refractivity contribution in [2.75, 3.05) is 5.75 Å². The largest absolute Gasteiger partial charge is 0.302 e. The average molecular weight is 234 g/mol. The summed E-state index contributed by atoms with van der Waals surface area (Å²) in [6.45, 7) is 13.0. The van der Waals surface area contributed by atoms with Crippen molar-refractivity contribution < 1.29 is 4.79 Å². The molecule has 0 radical (unpaired) electrons. The van der Waals surface area contributed by atoms with Gasteiger partial charge in [-0.3, -0.25) is 0 Å². The predicted molar refractivity (Wildman–Crippen MR) is 69.4 cm³/mol. The van der Waals surface area contributed by atoms with Crippen molar-refractivity contribution >= 4 is 29.8 Å². The lowest BCUT2D eigenvalue weighted by Crippen LogP contribution is -2.21. The van der Waals surface area contributed by atoms with Crippen LogP contribution in [0.25, 0.3) is 0 Å². The lowest BCUT2D eigenvalue weighted by Gasteiger charge is -2.24. The van der Waals surface area contributed by atoms with Crippen molar-refractivity contribution in [1.29, 1.82) is 0 Å². The maximum atomic E-state index is 10.9. The fourth-order valence-corrected chi connectivity index (χ4v) is 3.07. The number of hydrogen-bond donors (Lipinski definition) is 0. The van der Waals surface area contributed by atoms with E-state index in [0.717, 1.165) is 12.0 Å². The Morgan fingerprint density at radius 2 is 1.57 bits per heavy atom. The molecule has 1 unspecified atom stereocenters. The lowest BCUT2D eigenvalue weighted by molar-refractivity contribution is -0.107. The topological polar surface area (TPSA) is 17.1 Å². The third-order valence-corrected chi connectivity index (χ3v) is 4.23. The van der Waals surface area contributed by atoms with Crippen LogP contribution in [0.2, 0.25) is 0 Å². The molecule has 0 spiro atoms. The van der Waals surface area contributed by atoms with Crippen molar-refractivity contribution in [2.24, 2.45) is 0 Å². The highest BCUT2D eigenvalue weighted by molar-refractivity contribution is 8.05. The Hall–Kier alpha value is 0.370. The molecule has 0 aromatic carbocycles. The molecule has 0 aliphatic rings. The van der Waals surface area contributed by atoms with Crippen LogP contribution in [0.5, 0.6) is 0 Å². The van der Waals surface area contributed by atoms with Crippen LogP contribution in [0.3, 0.4) is 0 Å². The van der Waals surface area contributed by atoms with Gasteiger partial charge in [-0.05, 0) is 0 Å². The van der Waals surface area contributed by atoms with Crippen LogP contribution >= 0.6 is 23.5 Å². The molecule has 0 saturated heterocycles. The zero-order chi connectivity index (χ0) is 11.4. The maximum absolute atomic E-state index is 10.9. The van der Waals surface area contributed by atoms with E-state index in [0.29, 0.717) is 0 Å². The number of rotatable bonds is 4. The van der Waals surface area contributed by atoms with E-state index >= 15 is 0 Å². The second-order valence-corrected chi connectivity index (χ2v) is 9.24. The molecule has 0 amide bonds. The SMILES string of the molecule is CC(C)(C)SCC(C=O)SC(C)(C)C. The Bertz CT molecular complexity index is 177. The molecule has 84 valence electrons. The van der Waals surface area contributed by atoms with Crippen molar-refractivity contribution in [3.63, 3.8) is 0 Å². The molecular weight excluding hydrogens is 212 g/mol. The number of aldehydes is 1. The Balaban J connectivity index is 3.99. The molecule has 0 heterocycles. The highest BCUT2D eigenvalue weighted by Gasteiger charge is 2.21. The summed E-state index contributed by atoms with van der Waals surface area (Å²) < 4.78 is 0.420. The second kappa shape index (κ2) is 5.45. The van der Waals surface area contributed by atoms with Crippen molar-refractivity contribution in [2.45, 2.75) is 56.3 Å². The molecule has 14 heavy (non-hydrogen) atoms. The van der Waals surface area contributed by atoms with Crippen LogP contribution in [0.4, 0.5) is 0 Å². The molecule has 0 N–H and O–H groups in total. The summed E-state index contributed by atoms with van der Waals surface area (Å²) in [5.74, 6) is 0.912. The summed E-state index contributed by atoms with van der Waals surface area (Å²) in [5.41, 5.74) is 0. The standard InChI is InChI=1S/C11H22OS2/c1-10(2,3)13-8-9(7-12)14-11(4,5)6/h7,9H,8H2,1-6H3. The third-order valence-electron chi connectivity index (χ3n) is 1.34. The summed E-state index contributed by atoms with van der Waals surface area (Å²) in [6.07, 6.45) is 1.08. The average Bonchev–Trinajstić information content (AvgIpc) is 1.94. The van der Waals surface area contributed by atoms with E-state index < -0.39 is 0 Å². The summed E-state index contributed by atoms with van der Waals surface area (Å²) in [5, 5.41) is 0.124. The van der Waals surface area contributed by atoms with E-state index in [2.05, 4.69) is 41.5 Å². The fraction of sp³-hybridized carbons (Fsp3) is 0.909. The number of carbonyl (C=O) groups excluding carboxylic acids is 1. The van der Waals surface area contributed by atoms with Gasteiger partial charge in [0.25, 0.3) is 0 Å². The maximum Gasteiger partial charge on any atom is 0.133 e.